The van der Waals surface area contributed by atoms with Gasteiger partial charge >= 0.3 is 5.97 Å². The number of hydrogen-bond acceptors (Lipinski definition) is 3. The van der Waals surface area contributed by atoms with Crippen LogP contribution >= 0.6 is 11.6 Å². The molecule has 1 atom stereocenters. The van der Waals surface area contributed by atoms with E-state index >= 15 is 0 Å². The molecule has 0 fully saturated rings. The molecule has 0 spiro atoms. The van der Waals surface area contributed by atoms with E-state index in [-0.39, 0.29) is 5.56 Å². The molecule has 6 heteroatoms. The van der Waals surface area contributed by atoms with Crippen LogP contribution in [0.2, 0.25) is 5.02 Å². The minimum atomic E-state index is -1.38. The van der Waals surface area contributed by atoms with Gasteiger partial charge in [-0.2, -0.15) is 0 Å². The highest BCUT2D eigenvalue weighted by Gasteiger charge is 2.18. The fraction of sp³-hybridized carbons (Fsp3) is 0.125. The number of benzene rings is 1. The fourth-order valence-corrected chi connectivity index (χ4v) is 1.03. The average molecular weight is 220 g/mol. The molecule has 4 N–H and O–H groups in total. The Morgan fingerprint density at radius 1 is 1.57 bits per heavy atom. The molecule has 0 saturated carbocycles. The molecule has 1 aromatic rings. The molecule has 0 aliphatic rings. The first-order valence-electron chi connectivity index (χ1n) is 3.59. The van der Waals surface area contributed by atoms with Crippen molar-refractivity contribution in [3.05, 3.63) is 28.5 Å². The van der Waals surface area contributed by atoms with Crippen molar-refractivity contribution in [2.24, 2.45) is 5.73 Å². The van der Waals surface area contributed by atoms with Gasteiger partial charge in [0, 0.05) is 0 Å². The van der Waals surface area contributed by atoms with Crippen molar-refractivity contribution < 1.29 is 19.4 Å². The molecular weight excluding hydrogens is 213 g/mol. The third-order valence-corrected chi connectivity index (χ3v) is 2.03. The molecule has 4 nitrogen and oxygen atoms in total. The number of carbonyl (C=O) groups is 1. The topological polar surface area (TPSA) is 83.6 Å². The lowest BCUT2D eigenvalue weighted by atomic mass is 10.1. The number of aromatic hydroxyl groups is 1. The monoisotopic (exact) mass is 219 g/mol. The Morgan fingerprint density at radius 2 is 2.14 bits per heavy atom. The van der Waals surface area contributed by atoms with Crippen LogP contribution in [0, 0.1) is 5.82 Å². The highest BCUT2D eigenvalue weighted by atomic mass is 35.5. The van der Waals surface area contributed by atoms with E-state index in [9.17, 15) is 9.18 Å². The largest absolute Gasteiger partial charge is 0.506 e. The van der Waals surface area contributed by atoms with Crippen LogP contribution in [0.25, 0.3) is 0 Å². The van der Waals surface area contributed by atoms with Gasteiger partial charge in [-0.15, -0.1) is 0 Å². The molecule has 0 aliphatic carbocycles. The third kappa shape index (κ3) is 1.94. The Morgan fingerprint density at radius 3 is 2.57 bits per heavy atom. The highest BCUT2D eigenvalue weighted by molar-refractivity contribution is 6.32. The van der Waals surface area contributed by atoms with E-state index in [0.717, 1.165) is 12.1 Å². The Labute approximate surface area is 83.7 Å². The summed E-state index contributed by atoms with van der Waals surface area (Å²) >= 11 is 5.32. The Kier molecular flexibility index (Phi) is 2.93. The van der Waals surface area contributed by atoms with Gasteiger partial charge in [0.1, 0.15) is 22.6 Å². The van der Waals surface area contributed by atoms with Crippen LogP contribution in [-0.2, 0) is 4.79 Å². The first-order valence-corrected chi connectivity index (χ1v) is 3.97. The average Bonchev–Trinajstić information content (AvgIpc) is 2.12. The first-order chi connectivity index (χ1) is 6.43. The van der Waals surface area contributed by atoms with Gasteiger partial charge in [0.25, 0.3) is 0 Å². The van der Waals surface area contributed by atoms with Crippen LogP contribution < -0.4 is 5.73 Å². The first kappa shape index (κ1) is 10.7. The second-order valence-corrected chi connectivity index (χ2v) is 3.03. The summed E-state index contributed by atoms with van der Waals surface area (Å²) in [6.45, 7) is 0. The van der Waals surface area contributed by atoms with Crippen molar-refractivity contribution in [1.82, 2.24) is 0 Å². The second-order valence-electron chi connectivity index (χ2n) is 2.65. The van der Waals surface area contributed by atoms with Crippen molar-refractivity contribution in [2.75, 3.05) is 0 Å². The SMILES string of the molecule is NC(C(=O)O)c1cc(O)c(Cl)c(F)c1. The van der Waals surface area contributed by atoms with Crippen molar-refractivity contribution in [3.63, 3.8) is 0 Å². The van der Waals surface area contributed by atoms with Crippen LogP contribution in [0.1, 0.15) is 11.6 Å². The highest BCUT2D eigenvalue weighted by Crippen LogP contribution is 2.29. The number of hydrogen-bond donors (Lipinski definition) is 3. The van der Waals surface area contributed by atoms with Gasteiger partial charge in [-0.3, -0.25) is 4.79 Å². The van der Waals surface area contributed by atoms with Crippen LogP contribution in [-0.4, -0.2) is 16.2 Å². The number of nitrogens with two attached hydrogens (primary N) is 1. The van der Waals surface area contributed by atoms with E-state index < -0.39 is 28.6 Å². The molecule has 76 valence electrons. The third-order valence-electron chi connectivity index (χ3n) is 1.66. The van der Waals surface area contributed by atoms with Gasteiger partial charge in [-0.1, -0.05) is 11.6 Å². The number of halogens is 2. The number of carboxylic acids is 1. The zero-order valence-corrected chi connectivity index (χ0v) is 7.62. The minimum absolute atomic E-state index is 0.0445. The molecule has 0 heterocycles. The standard InChI is InChI=1S/C8H7ClFNO3/c9-6-4(10)1-3(2-5(6)12)7(11)8(13)14/h1-2,7,12H,11H2,(H,13,14). The lowest BCUT2D eigenvalue weighted by Crippen LogP contribution is -2.20. The molecule has 1 aromatic carbocycles. The van der Waals surface area contributed by atoms with Gasteiger partial charge in [0.2, 0.25) is 0 Å². The molecule has 1 rings (SSSR count). The van der Waals surface area contributed by atoms with Gasteiger partial charge in [0.05, 0.1) is 0 Å². The summed E-state index contributed by atoms with van der Waals surface area (Å²) < 4.78 is 12.9. The zero-order chi connectivity index (χ0) is 10.9. The normalized spacial score (nSPS) is 12.5. The van der Waals surface area contributed by atoms with Crippen LogP contribution in [0.4, 0.5) is 4.39 Å². The van der Waals surface area contributed by atoms with Gasteiger partial charge in [-0.05, 0) is 17.7 Å². The minimum Gasteiger partial charge on any atom is -0.506 e. The van der Waals surface area contributed by atoms with Crippen LogP contribution in [0.3, 0.4) is 0 Å². The maximum absolute atomic E-state index is 12.9. The van der Waals surface area contributed by atoms with Gasteiger partial charge < -0.3 is 15.9 Å². The van der Waals surface area contributed by atoms with Gasteiger partial charge in [0.15, 0.2) is 0 Å². The summed E-state index contributed by atoms with van der Waals surface area (Å²) in [6, 6.07) is 0.512. The summed E-state index contributed by atoms with van der Waals surface area (Å²) in [5.41, 5.74) is 5.16. The maximum Gasteiger partial charge on any atom is 0.325 e. The summed E-state index contributed by atoms with van der Waals surface area (Å²) in [6.07, 6.45) is 0. The van der Waals surface area contributed by atoms with Crippen molar-refractivity contribution in [3.8, 4) is 5.75 Å². The van der Waals surface area contributed by atoms with E-state index in [1.165, 1.54) is 0 Å². The molecule has 0 bridgehead atoms. The number of aliphatic carboxylic acids is 1. The maximum atomic E-state index is 12.9. The smallest absolute Gasteiger partial charge is 0.325 e. The number of phenolic OH excluding ortho intramolecular Hbond substituents is 1. The Balaban J connectivity index is 3.19. The lowest BCUT2D eigenvalue weighted by Gasteiger charge is -2.08. The summed E-state index contributed by atoms with van der Waals surface area (Å²) in [4.78, 5) is 10.4. The van der Waals surface area contributed by atoms with E-state index in [2.05, 4.69) is 0 Å². The summed E-state index contributed by atoms with van der Waals surface area (Å²) in [5.74, 6) is -2.75. The van der Waals surface area contributed by atoms with E-state index in [0.29, 0.717) is 0 Å². The molecule has 0 saturated heterocycles. The second kappa shape index (κ2) is 3.81. The molecule has 0 radical (unpaired) electrons. The molecular formula is C8H7ClFNO3. The number of rotatable bonds is 2. The molecule has 0 amide bonds. The number of carboxylic acid groups (broad SMARTS) is 1. The molecule has 1 unspecified atom stereocenters. The molecule has 14 heavy (non-hydrogen) atoms. The van der Waals surface area contributed by atoms with Crippen LogP contribution in [0.15, 0.2) is 12.1 Å². The molecule has 0 aliphatic heterocycles. The zero-order valence-electron chi connectivity index (χ0n) is 6.87. The van der Waals surface area contributed by atoms with Gasteiger partial charge in [-0.25, -0.2) is 4.39 Å². The summed E-state index contributed by atoms with van der Waals surface area (Å²) in [7, 11) is 0. The van der Waals surface area contributed by atoms with Crippen LogP contribution in [0.5, 0.6) is 5.75 Å². The van der Waals surface area contributed by atoms with Crippen molar-refractivity contribution >= 4 is 17.6 Å². The van der Waals surface area contributed by atoms with E-state index in [4.69, 9.17) is 27.5 Å². The molecule has 0 aromatic heterocycles. The van der Waals surface area contributed by atoms with E-state index in [1.54, 1.807) is 0 Å². The Bertz CT molecular complexity index is 360. The number of phenols is 1. The predicted octanol–water partition coefficient (Wildman–Crippen LogP) is 1.27. The van der Waals surface area contributed by atoms with Crippen molar-refractivity contribution in [2.45, 2.75) is 6.04 Å². The van der Waals surface area contributed by atoms with E-state index in [1.807, 2.05) is 0 Å². The fourth-order valence-electron chi connectivity index (χ4n) is 0.917. The van der Waals surface area contributed by atoms with Crippen molar-refractivity contribution in [1.29, 1.82) is 0 Å². The Hall–Kier alpha value is -1.33. The summed E-state index contributed by atoms with van der Waals surface area (Å²) in [5, 5.41) is 17.2. The predicted molar refractivity (Wildman–Crippen MR) is 47.6 cm³/mol. The quantitative estimate of drug-likeness (QED) is 0.699. The lowest BCUT2D eigenvalue weighted by molar-refractivity contribution is -0.138.